The molecule has 126 valence electrons. The minimum Gasteiger partial charge on any atom is -0.396 e. The summed E-state index contributed by atoms with van der Waals surface area (Å²) in [5, 5.41) is 14.8. The number of carbonyl (C=O) groups is 2. The fourth-order valence-corrected chi connectivity index (χ4v) is 2.51. The normalized spacial score (nSPS) is 11.6. The van der Waals surface area contributed by atoms with E-state index in [0.717, 1.165) is 5.56 Å². The molecule has 0 aromatic heterocycles. The molecule has 0 unspecified atom stereocenters. The van der Waals surface area contributed by atoms with E-state index in [1.807, 2.05) is 30.3 Å². The summed E-state index contributed by atoms with van der Waals surface area (Å²) in [5.41, 5.74) is 1.46. The highest BCUT2D eigenvalue weighted by atomic mass is 35.5. The topological polar surface area (TPSA) is 78.4 Å². The van der Waals surface area contributed by atoms with Crippen molar-refractivity contribution in [2.45, 2.75) is 12.3 Å². The first kappa shape index (κ1) is 18.0. The SMILES string of the molecule is O=C(NC[C@@H](CCO)c1ccccc1)C(=O)Nc1cccc(Cl)c1. The molecule has 2 amide bonds. The van der Waals surface area contributed by atoms with Gasteiger partial charge < -0.3 is 15.7 Å². The number of rotatable bonds is 6. The molecule has 0 bridgehead atoms. The van der Waals surface area contributed by atoms with Crippen LogP contribution in [0, 0.1) is 0 Å². The molecule has 0 heterocycles. The Morgan fingerprint density at radius 3 is 2.46 bits per heavy atom. The lowest BCUT2D eigenvalue weighted by Crippen LogP contribution is -2.37. The summed E-state index contributed by atoms with van der Waals surface area (Å²) in [7, 11) is 0. The number of carbonyl (C=O) groups excluding carboxylic acids is 2. The number of nitrogens with one attached hydrogen (secondary N) is 2. The highest BCUT2D eigenvalue weighted by Gasteiger charge is 2.17. The third-order valence-electron chi connectivity index (χ3n) is 3.55. The molecule has 0 radical (unpaired) electrons. The van der Waals surface area contributed by atoms with Crippen molar-refractivity contribution in [3.8, 4) is 0 Å². The zero-order valence-corrected chi connectivity index (χ0v) is 13.8. The number of amides is 2. The monoisotopic (exact) mass is 346 g/mol. The second kappa shape index (κ2) is 9.05. The molecule has 2 rings (SSSR count). The van der Waals surface area contributed by atoms with Crippen LogP contribution in [0.25, 0.3) is 0 Å². The largest absolute Gasteiger partial charge is 0.396 e. The van der Waals surface area contributed by atoms with Gasteiger partial charge in [0.15, 0.2) is 0 Å². The summed E-state index contributed by atoms with van der Waals surface area (Å²) in [6.07, 6.45) is 0.500. The first-order chi connectivity index (χ1) is 11.6. The highest BCUT2D eigenvalue weighted by molar-refractivity contribution is 6.39. The van der Waals surface area contributed by atoms with E-state index in [1.165, 1.54) is 0 Å². The van der Waals surface area contributed by atoms with Crippen LogP contribution in [0.4, 0.5) is 5.69 Å². The number of anilines is 1. The minimum absolute atomic E-state index is 0.00411. The van der Waals surface area contributed by atoms with Gasteiger partial charge in [-0.15, -0.1) is 0 Å². The predicted molar refractivity (Wildman–Crippen MR) is 94.0 cm³/mol. The number of hydrogen-bond donors (Lipinski definition) is 3. The summed E-state index contributed by atoms with van der Waals surface area (Å²) in [5.74, 6) is -1.54. The van der Waals surface area contributed by atoms with Gasteiger partial charge in [0.25, 0.3) is 0 Å². The van der Waals surface area contributed by atoms with Gasteiger partial charge in [0.1, 0.15) is 0 Å². The average Bonchev–Trinajstić information content (AvgIpc) is 2.59. The quantitative estimate of drug-likeness (QED) is 0.703. The molecule has 0 saturated carbocycles. The van der Waals surface area contributed by atoms with Crippen molar-refractivity contribution in [3.63, 3.8) is 0 Å². The second-order valence-corrected chi connectivity index (χ2v) is 5.73. The maximum atomic E-state index is 12.0. The Balaban J connectivity index is 1.91. The van der Waals surface area contributed by atoms with Gasteiger partial charge in [-0.05, 0) is 30.2 Å². The van der Waals surface area contributed by atoms with Crippen molar-refractivity contribution in [2.24, 2.45) is 0 Å². The molecule has 0 aliphatic carbocycles. The Morgan fingerprint density at radius 1 is 1.04 bits per heavy atom. The molecule has 5 nitrogen and oxygen atoms in total. The van der Waals surface area contributed by atoms with Crippen LogP contribution in [0.5, 0.6) is 0 Å². The molecule has 0 aliphatic heterocycles. The van der Waals surface area contributed by atoms with E-state index in [0.29, 0.717) is 17.1 Å². The van der Waals surface area contributed by atoms with Crippen LogP contribution in [-0.2, 0) is 9.59 Å². The van der Waals surface area contributed by atoms with Crippen molar-refractivity contribution >= 4 is 29.1 Å². The van der Waals surface area contributed by atoms with E-state index in [2.05, 4.69) is 10.6 Å². The van der Waals surface area contributed by atoms with Gasteiger partial charge in [-0.1, -0.05) is 48.0 Å². The molecule has 1 atom stereocenters. The van der Waals surface area contributed by atoms with Gasteiger partial charge >= 0.3 is 11.8 Å². The van der Waals surface area contributed by atoms with E-state index in [4.69, 9.17) is 11.6 Å². The third kappa shape index (κ3) is 5.37. The Hall–Kier alpha value is -2.37. The van der Waals surface area contributed by atoms with E-state index in [1.54, 1.807) is 24.3 Å². The van der Waals surface area contributed by atoms with Crippen LogP contribution >= 0.6 is 11.6 Å². The van der Waals surface area contributed by atoms with Crippen LogP contribution in [-0.4, -0.2) is 30.1 Å². The Labute approximate surface area is 145 Å². The van der Waals surface area contributed by atoms with Crippen LogP contribution in [0.1, 0.15) is 17.9 Å². The molecule has 0 fully saturated rings. The zero-order valence-electron chi connectivity index (χ0n) is 13.0. The molecule has 6 heteroatoms. The fraction of sp³-hybridized carbons (Fsp3) is 0.222. The summed E-state index contributed by atoms with van der Waals surface area (Å²) in [6.45, 7) is 0.274. The van der Waals surface area contributed by atoms with E-state index in [9.17, 15) is 14.7 Å². The maximum Gasteiger partial charge on any atom is 0.313 e. The van der Waals surface area contributed by atoms with Crippen molar-refractivity contribution in [1.82, 2.24) is 5.32 Å². The third-order valence-corrected chi connectivity index (χ3v) is 3.78. The van der Waals surface area contributed by atoms with Crippen LogP contribution in [0.3, 0.4) is 0 Å². The highest BCUT2D eigenvalue weighted by Crippen LogP contribution is 2.18. The van der Waals surface area contributed by atoms with Gasteiger partial charge in [0.05, 0.1) is 0 Å². The summed E-state index contributed by atoms with van der Waals surface area (Å²) in [6, 6.07) is 16.1. The summed E-state index contributed by atoms with van der Waals surface area (Å²) < 4.78 is 0. The maximum absolute atomic E-state index is 12.0. The average molecular weight is 347 g/mol. The van der Waals surface area contributed by atoms with Crippen molar-refractivity contribution in [1.29, 1.82) is 0 Å². The number of halogens is 1. The van der Waals surface area contributed by atoms with Crippen LogP contribution in [0.2, 0.25) is 5.02 Å². The molecular weight excluding hydrogens is 328 g/mol. The van der Waals surface area contributed by atoms with E-state index in [-0.39, 0.29) is 19.1 Å². The van der Waals surface area contributed by atoms with E-state index >= 15 is 0 Å². The van der Waals surface area contributed by atoms with Gasteiger partial charge in [-0.25, -0.2) is 0 Å². The Kier molecular flexibility index (Phi) is 6.78. The first-order valence-corrected chi connectivity index (χ1v) is 7.98. The Bertz CT molecular complexity index is 692. The molecule has 0 saturated heterocycles. The van der Waals surface area contributed by atoms with Gasteiger partial charge in [-0.2, -0.15) is 0 Å². The number of benzene rings is 2. The van der Waals surface area contributed by atoms with Crippen molar-refractivity contribution < 1.29 is 14.7 Å². The van der Waals surface area contributed by atoms with Gasteiger partial charge in [0.2, 0.25) is 0 Å². The molecule has 24 heavy (non-hydrogen) atoms. The lowest BCUT2D eigenvalue weighted by molar-refractivity contribution is -0.136. The molecule has 0 aliphatic rings. The van der Waals surface area contributed by atoms with Gasteiger partial charge in [-0.3, -0.25) is 9.59 Å². The molecular formula is C18H19ClN2O3. The smallest absolute Gasteiger partial charge is 0.313 e. The standard InChI is InChI=1S/C18H19ClN2O3/c19-15-7-4-8-16(11-15)21-18(24)17(23)20-12-14(9-10-22)13-5-2-1-3-6-13/h1-8,11,14,22H,9-10,12H2,(H,20,23)(H,21,24)/t14-/m1/s1. The van der Waals surface area contributed by atoms with Crippen LogP contribution in [0.15, 0.2) is 54.6 Å². The molecule has 2 aromatic carbocycles. The predicted octanol–water partition coefficient (Wildman–Crippen LogP) is 2.56. The number of aliphatic hydroxyl groups is 1. The van der Waals surface area contributed by atoms with Crippen molar-refractivity contribution in [3.05, 3.63) is 65.2 Å². The first-order valence-electron chi connectivity index (χ1n) is 7.60. The summed E-state index contributed by atoms with van der Waals surface area (Å²) >= 11 is 5.84. The second-order valence-electron chi connectivity index (χ2n) is 5.29. The molecule has 0 spiro atoms. The minimum atomic E-state index is -0.756. The van der Waals surface area contributed by atoms with Crippen molar-refractivity contribution in [2.75, 3.05) is 18.5 Å². The zero-order chi connectivity index (χ0) is 17.4. The van der Waals surface area contributed by atoms with E-state index < -0.39 is 11.8 Å². The van der Waals surface area contributed by atoms with Crippen LogP contribution < -0.4 is 10.6 Å². The lowest BCUT2D eigenvalue weighted by atomic mass is 9.96. The summed E-state index contributed by atoms with van der Waals surface area (Å²) in [4.78, 5) is 23.9. The lowest BCUT2D eigenvalue weighted by Gasteiger charge is -2.17. The Morgan fingerprint density at radius 2 is 1.79 bits per heavy atom. The molecule has 3 N–H and O–H groups in total. The molecule has 2 aromatic rings. The number of aliphatic hydroxyl groups excluding tert-OH is 1. The fourth-order valence-electron chi connectivity index (χ4n) is 2.32. The number of hydrogen-bond acceptors (Lipinski definition) is 3. The van der Waals surface area contributed by atoms with Gasteiger partial charge in [0, 0.05) is 29.8 Å².